The summed E-state index contributed by atoms with van der Waals surface area (Å²) in [7, 11) is 1.63. The van der Waals surface area contributed by atoms with Crippen molar-refractivity contribution in [1.82, 2.24) is 0 Å². The average molecular weight is 268 g/mol. The fourth-order valence-electron chi connectivity index (χ4n) is 2.67. The van der Waals surface area contributed by atoms with Gasteiger partial charge >= 0.3 is 5.63 Å². The third kappa shape index (κ3) is 1.78. The van der Waals surface area contributed by atoms with E-state index in [1.807, 2.05) is 30.3 Å². The maximum atomic E-state index is 12.2. The van der Waals surface area contributed by atoms with Crippen LogP contribution in [0.25, 0.3) is 21.7 Å². The van der Waals surface area contributed by atoms with Gasteiger partial charge in [0, 0.05) is 10.9 Å². The van der Waals surface area contributed by atoms with Gasteiger partial charge in [-0.1, -0.05) is 32.0 Å². The van der Waals surface area contributed by atoms with Crippen molar-refractivity contribution in [2.75, 3.05) is 7.11 Å². The molecule has 0 radical (unpaired) electrons. The minimum Gasteiger partial charge on any atom is -0.496 e. The van der Waals surface area contributed by atoms with Gasteiger partial charge < -0.3 is 9.15 Å². The van der Waals surface area contributed by atoms with E-state index >= 15 is 0 Å². The molecule has 0 fully saturated rings. The number of ether oxygens (including phenoxy) is 1. The molecule has 0 spiro atoms. The van der Waals surface area contributed by atoms with Gasteiger partial charge in [-0.3, -0.25) is 0 Å². The van der Waals surface area contributed by atoms with Crippen LogP contribution >= 0.6 is 0 Å². The standard InChI is InChI=1S/C17H16O3/c1-10(2)15-14(19-3)9-8-12-11-6-4-5-7-13(11)17(18)20-16(12)15/h4-10H,1-3H3. The Morgan fingerprint density at radius 2 is 1.70 bits per heavy atom. The fourth-order valence-corrected chi connectivity index (χ4v) is 2.67. The van der Waals surface area contributed by atoms with E-state index in [1.54, 1.807) is 13.2 Å². The molecule has 3 rings (SSSR count). The summed E-state index contributed by atoms with van der Waals surface area (Å²) in [5, 5.41) is 2.48. The van der Waals surface area contributed by atoms with Crippen LogP contribution in [0.4, 0.5) is 0 Å². The molecule has 0 saturated carbocycles. The molecular weight excluding hydrogens is 252 g/mol. The molecule has 0 unspecified atom stereocenters. The summed E-state index contributed by atoms with van der Waals surface area (Å²) in [4.78, 5) is 12.2. The minimum absolute atomic E-state index is 0.206. The molecule has 2 aromatic carbocycles. The lowest BCUT2D eigenvalue weighted by Crippen LogP contribution is -2.03. The van der Waals surface area contributed by atoms with Crippen molar-refractivity contribution >= 4 is 21.7 Å². The first-order valence-corrected chi connectivity index (χ1v) is 6.66. The molecule has 0 aliphatic carbocycles. The van der Waals surface area contributed by atoms with E-state index < -0.39 is 0 Å². The Balaban J connectivity index is 2.56. The highest BCUT2D eigenvalue weighted by atomic mass is 16.5. The summed E-state index contributed by atoms with van der Waals surface area (Å²) < 4.78 is 11.0. The quantitative estimate of drug-likeness (QED) is 0.519. The van der Waals surface area contributed by atoms with Crippen LogP contribution < -0.4 is 10.4 Å². The minimum atomic E-state index is -0.303. The molecular formula is C17H16O3. The second-order valence-electron chi connectivity index (χ2n) is 5.15. The zero-order valence-electron chi connectivity index (χ0n) is 11.8. The first kappa shape index (κ1) is 12.7. The van der Waals surface area contributed by atoms with E-state index in [4.69, 9.17) is 9.15 Å². The topological polar surface area (TPSA) is 39.4 Å². The largest absolute Gasteiger partial charge is 0.496 e. The van der Waals surface area contributed by atoms with Crippen LogP contribution in [0.1, 0.15) is 25.3 Å². The van der Waals surface area contributed by atoms with Crippen LogP contribution in [-0.2, 0) is 0 Å². The van der Waals surface area contributed by atoms with E-state index in [0.29, 0.717) is 11.0 Å². The van der Waals surface area contributed by atoms with Gasteiger partial charge in [-0.15, -0.1) is 0 Å². The van der Waals surface area contributed by atoms with Crippen molar-refractivity contribution in [2.45, 2.75) is 19.8 Å². The number of rotatable bonds is 2. The zero-order valence-corrected chi connectivity index (χ0v) is 11.8. The third-order valence-electron chi connectivity index (χ3n) is 3.59. The second-order valence-corrected chi connectivity index (χ2v) is 5.15. The van der Waals surface area contributed by atoms with Crippen LogP contribution in [0.5, 0.6) is 5.75 Å². The van der Waals surface area contributed by atoms with Gasteiger partial charge in [-0.2, -0.15) is 0 Å². The zero-order chi connectivity index (χ0) is 14.3. The molecule has 0 aliphatic heterocycles. The van der Waals surface area contributed by atoms with Crippen molar-refractivity contribution in [2.24, 2.45) is 0 Å². The van der Waals surface area contributed by atoms with Gasteiger partial charge in [0.15, 0.2) is 0 Å². The Morgan fingerprint density at radius 1 is 1.00 bits per heavy atom. The lowest BCUT2D eigenvalue weighted by molar-refractivity contribution is 0.406. The van der Waals surface area contributed by atoms with Crippen LogP contribution in [0, 0.1) is 0 Å². The molecule has 102 valence electrons. The molecule has 20 heavy (non-hydrogen) atoms. The fraction of sp³-hybridized carbons (Fsp3) is 0.235. The Bertz CT molecular complexity index is 844. The molecule has 1 heterocycles. The van der Waals surface area contributed by atoms with Gasteiger partial charge in [0.2, 0.25) is 0 Å². The van der Waals surface area contributed by atoms with E-state index in [-0.39, 0.29) is 11.5 Å². The Labute approximate surface area is 116 Å². The highest BCUT2D eigenvalue weighted by Gasteiger charge is 2.17. The smallest absolute Gasteiger partial charge is 0.344 e. The van der Waals surface area contributed by atoms with E-state index in [1.165, 1.54) is 0 Å². The van der Waals surface area contributed by atoms with Gasteiger partial charge in [-0.25, -0.2) is 4.79 Å². The summed E-state index contributed by atoms with van der Waals surface area (Å²) >= 11 is 0. The molecule has 1 aromatic heterocycles. The normalized spacial score (nSPS) is 11.4. The predicted octanol–water partition coefficient (Wildman–Crippen LogP) is 4.08. The monoisotopic (exact) mass is 268 g/mol. The summed E-state index contributed by atoms with van der Waals surface area (Å²) in [5.41, 5.74) is 1.26. The van der Waals surface area contributed by atoms with Crippen molar-refractivity contribution in [3.63, 3.8) is 0 Å². The Hall–Kier alpha value is -2.29. The average Bonchev–Trinajstić information content (AvgIpc) is 2.46. The van der Waals surface area contributed by atoms with E-state index in [0.717, 1.165) is 22.1 Å². The summed E-state index contributed by atoms with van der Waals surface area (Å²) in [6.07, 6.45) is 0. The Kier molecular flexibility index (Phi) is 2.97. The molecule has 0 saturated heterocycles. The lowest BCUT2D eigenvalue weighted by Gasteiger charge is -2.14. The van der Waals surface area contributed by atoms with Crippen molar-refractivity contribution in [3.05, 3.63) is 52.4 Å². The molecule has 3 aromatic rings. The van der Waals surface area contributed by atoms with Crippen molar-refractivity contribution in [1.29, 1.82) is 0 Å². The van der Waals surface area contributed by atoms with Crippen LogP contribution in [0.15, 0.2) is 45.6 Å². The predicted molar refractivity (Wildman–Crippen MR) is 80.6 cm³/mol. The first-order valence-electron chi connectivity index (χ1n) is 6.66. The summed E-state index contributed by atoms with van der Waals surface area (Å²) in [6, 6.07) is 11.4. The number of hydrogen-bond acceptors (Lipinski definition) is 3. The summed E-state index contributed by atoms with van der Waals surface area (Å²) in [6.45, 7) is 4.12. The van der Waals surface area contributed by atoms with Gasteiger partial charge in [-0.05, 0) is 29.5 Å². The van der Waals surface area contributed by atoms with Gasteiger partial charge in [0.25, 0.3) is 0 Å². The van der Waals surface area contributed by atoms with Crippen LogP contribution in [-0.4, -0.2) is 7.11 Å². The van der Waals surface area contributed by atoms with Gasteiger partial charge in [0.05, 0.1) is 12.5 Å². The van der Waals surface area contributed by atoms with Crippen molar-refractivity contribution < 1.29 is 9.15 Å². The highest BCUT2D eigenvalue weighted by molar-refractivity contribution is 6.05. The molecule has 0 amide bonds. The van der Waals surface area contributed by atoms with E-state index in [2.05, 4.69) is 13.8 Å². The maximum absolute atomic E-state index is 12.2. The first-order chi connectivity index (χ1) is 9.63. The molecule has 0 aliphatic rings. The second kappa shape index (κ2) is 4.67. The molecule has 0 atom stereocenters. The molecule has 0 bridgehead atoms. The number of hydrogen-bond donors (Lipinski definition) is 0. The molecule has 3 heteroatoms. The SMILES string of the molecule is COc1ccc2c(oc(=O)c3ccccc32)c1C(C)C. The highest BCUT2D eigenvalue weighted by Crippen LogP contribution is 2.35. The van der Waals surface area contributed by atoms with Crippen molar-refractivity contribution in [3.8, 4) is 5.75 Å². The van der Waals surface area contributed by atoms with Gasteiger partial charge in [0.1, 0.15) is 11.3 Å². The van der Waals surface area contributed by atoms with E-state index in [9.17, 15) is 4.79 Å². The lowest BCUT2D eigenvalue weighted by atomic mass is 9.97. The third-order valence-corrected chi connectivity index (χ3v) is 3.59. The number of fused-ring (bicyclic) bond motifs is 3. The number of methoxy groups -OCH3 is 1. The van der Waals surface area contributed by atoms with Crippen LogP contribution in [0.3, 0.4) is 0 Å². The summed E-state index contributed by atoms with van der Waals surface area (Å²) in [5.74, 6) is 0.962. The molecule has 0 N–H and O–H groups in total. The van der Waals surface area contributed by atoms with Crippen LogP contribution in [0.2, 0.25) is 0 Å². The maximum Gasteiger partial charge on any atom is 0.344 e. The number of benzene rings is 2. The molecule has 3 nitrogen and oxygen atoms in total. The Morgan fingerprint density at radius 3 is 2.35 bits per heavy atom.